The number of benzene rings is 1. The van der Waals surface area contributed by atoms with Crippen molar-refractivity contribution < 1.29 is 4.79 Å². The molecule has 5 nitrogen and oxygen atoms in total. The molecule has 1 aromatic carbocycles. The molecule has 0 bridgehead atoms. The number of carbonyl (C=O) groups excluding carboxylic acids is 1. The number of nitrogens with zero attached hydrogens (tertiary/aromatic N) is 4. The van der Waals surface area contributed by atoms with Crippen LogP contribution in [-0.4, -0.2) is 47.0 Å². The number of hydrogen-bond acceptors (Lipinski definition) is 4. The van der Waals surface area contributed by atoms with Gasteiger partial charge in [-0.25, -0.2) is 9.97 Å². The molecule has 1 saturated carbocycles. The quantitative estimate of drug-likeness (QED) is 0.755. The molecule has 1 aliphatic carbocycles. The summed E-state index contributed by atoms with van der Waals surface area (Å²) in [5.41, 5.74) is 3.38. The highest BCUT2D eigenvalue weighted by Gasteiger charge is 2.30. The Morgan fingerprint density at radius 2 is 1.69 bits per heavy atom. The van der Waals surface area contributed by atoms with Crippen molar-refractivity contribution in [2.75, 3.05) is 31.1 Å². The first kappa shape index (κ1) is 20.1. The van der Waals surface area contributed by atoms with Gasteiger partial charge in [-0.1, -0.05) is 36.6 Å². The highest BCUT2D eigenvalue weighted by atomic mass is 35.5. The van der Waals surface area contributed by atoms with Crippen molar-refractivity contribution >= 4 is 23.3 Å². The number of amides is 1. The number of anilines is 1. The molecule has 1 aliphatic heterocycles. The predicted molar refractivity (Wildman–Crippen MR) is 117 cm³/mol. The Kier molecular flexibility index (Phi) is 6.04. The lowest BCUT2D eigenvalue weighted by molar-refractivity contribution is -0.135. The number of rotatable bonds is 4. The first-order valence-corrected chi connectivity index (χ1v) is 11.0. The molecule has 4 rings (SSSR count). The minimum Gasteiger partial charge on any atom is -0.353 e. The summed E-state index contributed by atoms with van der Waals surface area (Å²) < 4.78 is 0. The summed E-state index contributed by atoms with van der Waals surface area (Å²) in [6, 6.07) is 7.97. The zero-order chi connectivity index (χ0) is 20.4. The van der Waals surface area contributed by atoms with E-state index < -0.39 is 0 Å². The van der Waals surface area contributed by atoms with Gasteiger partial charge in [-0.15, -0.1) is 0 Å². The van der Waals surface area contributed by atoms with E-state index in [2.05, 4.69) is 33.8 Å². The fraction of sp³-hybridized carbons (Fsp3) is 0.522. The van der Waals surface area contributed by atoms with Gasteiger partial charge < -0.3 is 9.80 Å². The fourth-order valence-corrected chi connectivity index (χ4v) is 4.69. The maximum Gasteiger partial charge on any atom is 0.225 e. The van der Waals surface area contributed by atoms with Crippen molar-refractivity contribution in [2.45, 2.75) is 46.0 Å². The topological polar surface area (TPSA) is 49.3 Å². The molecule has 29 heavy (non-hydrogen) atoms. The van der Waals surface area contributed by atoms with Crippen LogP contribution in [0.15, 0.2) is 24.3 Å². The zero-order valence-corrected chi connectivity index (χ0v) is 18.1. The van der Waals surface area contributed by atoms with Crippen LogP contribution in [0, 0.1) is 19.8 Å². The van der Waals surface area contributed by atoms with Gasteiger partial charge in [0.1, 0.15) is 11.6 Å². The maximum atomic E-state index is 12.8. The van der Waals surface area contributed by atoms with E-state index in [0.29, 0.717) is 5.91 Å². The van der Waals surface area contributed by atoms with Crippen molar-refractivity contribution in [2.24, 2.45) is 5.92 Å². The van der Waals surface area contributed by atoms with Crippen LogP contribution in [0.25, 0.3) is 0 Å². The number of carbonyl (C=O) groups is 1. The first-order chi connectivity index (χ1) is 14.0. The van der Waals surface area contributed by atoms with E-state index in [9.17, 15) is 4.79 Å². The second kappa shape index (κ2) is 8.70. The van der Waals surface area contributed by atoms with Crippen LogP contribution in [0.4, 0.5) is 5.82 Å². The molecular weight excluding hydrogens is 384 g/mol. The fourth-order valence-electron chi connectivity index (χ4n) is 4.56. The molecule has 0 radical (unpaired) electrons. The molecular formula is C23H29ClN4O. The number of aryl methyl sites for hydroxylation is 2. The molecule has 2 aromatic rings. The highest BCUT2D eigenvalue weighted by Crippen LogP contribution is 2.29. The van der Waals surface area contributed by atoms with E-state index in [-0.39, 0.29) is 5.92 Å². The molecule has 1 aromatic heterocycles. The van der Waals surface area contributed by atoms with Crippen molar-refractivity contribution in [3.05, 3.63) is 51.9 Å². The Bertz CT molecular complexity index is 869. The smallest absolute Gasteiger partial charge is 0.225 e. The Morgan fingerprint density at radius 1 is 1.03 bits per heavy atom. The Balaban J connectivity index is 1.50. The molecule has 2 heterocycles. The minimum absolute atomic E-state index is 0.255. The van der Waals surface area contributed by atoms with Crippen molar-refractivity contribution in [1.82, 2.24) is 14.9 Å². The van der Waals surface area contributed by atoms with E-state index in [4.69, 9.17) is 16.6 Å². The summed E-state index contributed by atoms with van der Waals surface area (Å²) >= 11 is 6.04. The summed E-state index contributed by atoms with van der Waals surface area (Å²) in [6.07, 6.45) is 5.30. The number of piperazine rings is 1. The second-order valence-electron chi connectivity index (χ2n) is 8.26. The molecule has 0 atom stereocenters. The third-order valence-electron chi connectivity index (χ3n) is 6.19. The first-order valence-electron chi connectivity index (χ1n) is 10.6. The van der Waals surface area contributed by atoms with Crippen LogP contribution in [0.5, 0.6) is 0 Å². The SMILES string of the molecule is Cc1nc(C)c(Cc2ccc(Cl)cc2)c(N2CCN(C(=O)C3CCCC3)CC2)n1. The van der Waals surface area contributed by atoms with Crippen LogP contribution in [0.3, 0.4) is 0 Å². The molecule has 6 heteroatoms. The number of aromatic nitrogens is 2. The van der Waals surface area contributed by atoms with E-state index in [0.717, 1.165) is 73.4 Å². The van der Waals surface area contributed by atoms with Gasteiger partial charge in [0.25, 0.3) is 0 Å². The largest absolute Gasteiger partial charge is 0.353 e. The van der Waals surface area contributed by atoms with Gasteiger partial charge >= 0.3 is 0 Å². The number of hydrogen-bond donors (Lipinski definition) is 0. The summed E-state index contributed by atoms with van der Waals surface area (Å²) in [5.74, 6) is 2.42. The average molecular weight is 413 g/mol. The second-order valence-corrected chi connectivity index (χ2v) is 8.69. The standard InChI is InChI=1S/C23H29ClN4O/c1-16-21(15-18-7-9-20(24)10-8-18)22(26-17(2)25-16)27-11-13-28(14-12-27)23(29)19-5-3-4-6-19/h7-10,19H,3-6,11-15H2,1-2H3. The van der Waals surface area contributed by atoms with Gasteiger partial charge in [-0.2, -0.15) is 0 Å². The minimum atomic E-state index is 0.255. The van der Waals surface area contributed by atoms with Crippen molar-refractivity contribution in [1.29, 1.82) is 0 Å². The average Bonchev–Trinajstić information content (AvgIpc) is 3.26. The summed E-state index contributed by atoms with van der Waals surface area (Å²) in [7, 11) is 0. The van der Waals surface area contributed by atoms with Crippen LogP contribution in [0.2, 0.25) is 5.02 Å². The van der Waals surface area contributed by atoms with Gasteiger partial charge in [0.05, 0.1) is 0 Å². The van der Waals surface area contributed by atoms with E-state index in [1.807, 2.05) is 19.1 Å². The normalized spacial score (nSPS) is 17.8. The molecule has 1 amide bonds. The monoisotopic (exact) mass is 412 g/mol. The van der Waals surface area contributed by atoms with Gasteiger partial charge in [0.15, 0.2) is 0 Å². The Hall–Kier alpha value is -2.14. The zero-order valence-electron chi connectivity index (χ0n) is 17.3. The highest BCUT2D eigenvalue weighted by molar-refractivity contribution is 6.30. The maximum absolute atomic E-state index is 12.8. The molecule has 0 unspecified atom stereocenters. The molecule has 2 aliphatic rings. The van der Waals surface area contributed by atoms with Crippen molar-refractivity contribution in [3.63, 3.8) is 0 Å². The molecule has 0 spiro atoms. The number of halogens is 1. The lowest BCUT2D eigenvalue weighted by atomic mass is 10.0. The molecule has 154 valence electrons. The van der Waals surface area contributed by atoms with E-state index >= 15 is 0 Å². The van der Waals surface area contributed by atoms with Gasteiger partial charge in [-0.3, -0.25) is 4.79 Å². The molecule has 2 fully saturated rings. The van der Waals surface area contributed by atoms with Crippen LogP contribution < -0.4 is 4.90 Å². The lowest BCUT2D eigenvalue weighted by Gasteiger charge is -2.37. The van der Waals surface area contributed by atoms with Gasteiger partial charge in [0, 0.05) is 54.8 Å². The Labute approximate surface area is 178 Å². The molecule has 1 saturated heterocycles. The van der Waals surface area contributed by atoms with Crippen LogP contribution in [0.1, 0.15) is 48.3 Å². The van der Waals surface area contributed by atoms with E-state index in [1.165, 1.54) is 18.4 Å². The van der Waals surface area contributed by atoms with Crippen LogP contribution >= 0.6 is 11.6 Å². The van der Waals surface area contributed by atoms with Gasteiger partial charge in [0.2, 0.25) is 5.91 Å². The predicted octanol–water partition coefficient (Wildman–Crippen LogP) is 4.18. The van der Waals surface area contributed by atoms with Crippen molar-refractivity contribution in [3.8, 4) is 0 Å². The van der Waals surface area contributed by atoms with E-state index in [1.54, 1.807) is 0 Å². The summed E-state index contributed by atoms with van der Waals surface area (Å²) in [5, 5.41) is 0.744. The third-order valence-corrected chi connectivity index (χ3v) is 6.45. The summed E-state index contributed by atoms with van der Waals surface area (Å²) in [4.78, 5) is 26.6. The van der Waals surface area contributed by atoms with Gasteiger partial charge in [-0.05, 0) is 44.4 Å². The summed E-state index contributed by atoms with van der Waals surface area (Å²) in [6.45, 7) is 7.20. The molecule has 0 N–H and O–H groups in total. The Morgan fingerprint density at radius 3 is 2.34 bits per heavy atom. The third kappa shape index (κ3) is 4.55. The lowest BCUT2D eigenvalue weighted by Crippen LogP contribution is -2.50. The van der Waals surface area contributed by atoms with Crippen LogP contribution in [-0.2, 0) is 11.2 Å².